The molecule has 0 fully saturated rings. The van der Waals surface area contributed by atoms with Gasteiger partial charge in [-0.05, 0) is 49.4 Å². The van der Waals surface area contributed by atoms with Gasteiger partial charge in [-0.2, -0.15) is 0 Å². The third-order valence-electron chi connectivity index (χ3n) is 4.63. The molecule has 2 aromatic carbocycles. The van der Waals surface area contributed by atoms with Gasteiger partial charge in [-0.1, -0.05) is 17.7 Å². The van der Waals surface area contributed by atoms with Gasteiger partial charge < -0.3 is 13.6 Å². The Morgan fingerprint density at radius 1 is 0.871 bits per heavy atom. The number of rotatable bonds is 5. The number of ether oxygens (including phenoxy) is 1. The standard InChI is InChI=1S/C23H15F2N3O3/c1-13-2-6-18-14(10-13)3-7-19(26-18)22-27-28-23(31-22)21-9-5-16(30-21)12-29-20-8-4-15(24)11-17(20)25/h2-11H,12H2,1H3. The van der Waals surface area contributed by atoms with Crippen LogP contribution in [-0.4, -0.2) is 15.2 Å². The zero-order chi connectivity index (χ0) is 21.4. The Hall–Kier alpha value is -4.07. The zero-order valence-corrected chi connectivity index (χ0v) is 16.3. The molecule has 6 nitrogen and oxygen atoms in total. The molecule has 5 aromatic rings. The lowest BCUT2D eigenvalue weighted by Crippen LogP contribution is -1.96. The number of hydrogen-bond donors (Lipinski definition) is 0. The highest BCUT2D eigenvalue weighted by Gasteiger charge is 2.16. The van der Waals surface area contributed by atoms with E-state index >= 15 is 0 Å². The van der Waals surface area contributed by atoms with E-state index in [1.165, 1.54) is 6.07 Å². The van der Waals surface area contributed by atoms with Gasteiger partial charge in [0.25, 0.3) is 11.8 Å². The number of furan rings is 1. The normalized spacial score (nSPS) is 11.2. The average molecular weight is 419 g/mol. The molecule has 8 heteroatoms. The number of fused-ring (bicyclic) bond motifs is 1. The molecule has 0 saturated carbocycles. The van der Waals surface area contributed by atoms with Crippen LogP contribution in [0.4, 0.5) is 8.78 Å². The van der Waals surface area contributed by atoms with E-state index in [1.54, 1.807) is 12.1 Å². The van der Waals surface area contributed by atoms with E-state index in [0.29, 0.717) is 17.2 Å². The summed E-state index contributed by atoms with van der Waals surface area (Å²) in [7, 11) is 0. The van der Waals surface area contributed by atoms with E-state index in [2.05, 4.69) is 21.2 Å². The number of halogens is 2. The maximum absolute atomic E-state index is 13.7. The molecule has 5 rings (SSSR count). The number of aryl methyl sites for hydroxylation is 1. The summed E-state index contributed by atoms with van der Waals surface area (Å²) in [5.41, 5.74) is 2.53. The highest BCUT2D eigenvalue weighted by molar-refractivity contribution is 5.81. The number of nitrogens with zero attached hydrogens (tertiary/aromatic N) is 3. The predicted octanol–water partition coefficient (Wildman–Crippen LogP) is 5.71. The SMILES string of the molecule is Cc1ccc2nc(-c3nnc(-c4ccc(COc5ccc(F)cc5F)o4)o3)ccc2c1. The van der Waals surface area contributed by atoms with Gasteiger partial charge in [-0.3, -0.25) is 0 Å². The molecule has 0 saturated heterocycles. The van der Waals surface area contributed by atoms with Crippen LogP contribution < -0.4 is 4.74 Å². The first-order valence-electron chi connectivity index (χ1n) is 9.43. The van der Waals surface area contributed by atoms with Gasteiger partial charge in [0.2, 0.25) is 0 Å². The van der Waals surface area contributed by atoms with Crippen molar-refractivity contribution in [3.05, 3.63) is 83.6 Å². The molecule has 0 aliphatic rings. The van der Waals surface area contributed by atoms with Gasteiger partial charge >= 0.3 is 0 Å². The van der Waals surface area contributed by atoms with Gasteiger partial charge in [0, 0.05) is 11.5 Å². The average Bonchev–Trinajstić information content (AvgIpc) is 3.42. The first-order valence-corrected chi connectivity index (χ1v) is 9.43. The molecule has 0 amide bonds. The van der Waals surface area contributed by atoms with Crippen LogP contribution in [-0.2, 0) is 6.61 Å². The van der Waals surface area contributed by atoms with Crippen LogP contribution in [0.1, 0.15) is 11.3 Å². The van der Waals surface area contributed by atoms with Crippen molar-refractivity contribution < 1.29 is 22.4 Å². The Bertz CT molecular complexity index is 1390. The summed E-state index contributed by atoms with van der Waals surface area (Å²) in [6.45, 7) is 1.98. The maximum Gasteiger partial charge on any atom is 0.283 e. The van der Waals surface area contributed by atoms with E-state index in [0.717, 1.165) is 28.6 Å². The van der Waals surface area contributed by atoms with E-state index in [9.17, 15) is 8.78 Å². The zero-order valence-electron chi connectivity index (χ0n) is 16.3. The van der Waals surface area contributed by atoms with Crippen LogP contribution >= 0.6 is 0 Å². The number of aromatic nitrogens is 3. The van der Waals surface area contributed by atoms with Crippen molar-refractivity contribution >= 4 is 10.9 Å². The summed E-state index contributed by atoms with van der Waals surface area (Å²) in [6, 6.07) is 16.1. The highest BCUT2D eigenvalue weighted by atomic mass is 19.1. The van der Waals surface area contributed by atoms with Gasteiger partial charge in [0.1, 0.15) is 23.9 Å². The van der Waals surface area contributed by atoms with Crippen molar-refractivity contribution in [1.82, 2.24) is 15.2 Å². The Morgan fingerprint density at radius 2 is 1.74 bits per heavy atom. The fourth-order valence-corrected chi connectivity index (χ4v) is 3.10. The Morgan fingerprint density at radius 3 is 2.61 bits per heavy atom. The quantitative estimate of drug-likeness (QED) is 0.363. The smallest absolute Gasteiger partial charge is 0.283 e. The topological polar surface area (TPSA) is 74.2 Å². The molecule has 0 aliphatic carbocycles. The summed E-state index contributed by atoms with van der Waals surface area (Å²) in [5, 5.41) is 9.10. The molecule has 3 heterocycles. The predicted molar refractivity (Wildman–Crippen MR) is 108 cm³/mol. The van der Waals surface area contributed by atoms with Gasteiger partial charge in [-0.15, -0.1) is 10.2 Å². The van der Waals surface area contributed by atoms with E-state index in [-0.39, 0.29) is 24.1 Å². The first-order chi connectivity index (χ1) is 15.0. The molecular formula is C23H15F2N3O3. The summed E-state index contributed by atoms with van der Waals surface area (Å²) in [6.07, 6.45) is 0. The Balaban J connectivity index is 1.33. The summed E-state index contributed by atoms with van der Waals surface area (Å²) in [4.78, 5) is 4.57. The third-order valence-corrected chi connectivity index (χ3v) is 4.63. The van der Waals surface area contributed by atoms with Crippen LogP contribution in [0.25, 0.3) is 34.1 Å². The molecule has 0 N–H and O–H groups in total. The molecule has 0 atom stereocenters. The fourth-order valence-electron chi connectivity index (χ4n) is 3.10. The Labute approximate surface area is 175 Å². The van der Waals surface area contributed by atoms with Gasteiger partial charge in [0.05, 0.1) is 5.52 Å². The lowest BCUT2D eigenvalue weighted by atomic mass is 10.1. The second-order valence-corrected chi connectivity index (χ2v) is 6.93. The fraction of sp³-hybridized carbons (Fsp3) is 0.0870. The highest BCUT2D eigenvalue weighted by Crippen LogP contribution is 2.27. The van der Waals surface area contributed by atoms with Crippen molar-refractivity contribution in [1.29, 1.82) is 0 Å². The second-order valence-electron chi connectivity index (χ2n) is 6.93. The molecule has 0 radical (unpaired) electrons. The third kappa shape index (κ3) is 3.87. The maximum atomic E-state index is 13.7. The number of pyridine rings is 1. The van der Waals surface area contributed by atoms with Crippen LogP contribution in [0.5, 0.6) is 5.75 Å². The van der Waals surface area contributed by atoms with Crippen LogP contribution in [0.15, 0.2) is 69.5 Å². The molecule has 0 aliphatic heterocycles. The largest absolute Gasteiger partial charge is 0.483 e. The van der Waals surface area contributed by atoms with Crippen molar-refractivity contribution in [2.75, 3.05) is 0 Å². The first kappa shape index (κ1) is 18.9. The monoisotopic (exact) mass is 419 g/mol. The number of hydrogen-bond acceptors (Lipinski definition) is 6. The lowest BCUT2D eigenvalue weighted by Gasteiger charge is -2.05. The van der Waals surface area contributed by atoms with Gasteiger partial charge in [-0.25, -0.2) is 13.8 Å². The summed E-state index contributed by atoms with van der Waals surface area (Å²) in [5.74, 6) is -0.331. The molecule has 154 valence electrons. The van der Waals surface area contributed by atoms with Crippen molar-refractivity contribution in [2.45, 2.75) is 13.5 Å². The minimum atomic E-state index is -0.786. The Kier molecular flexibility index (Phi) is 4.66. The molecule has 3 aromatic heterocycles. The van der Waals surface area contributed by atoms with Crippen LogP contribution in [0.3, 0.4) is 0 Å². The van der Waals surface area contributed by atoms with Crippen molar-refractivity contribution in [3.8, 4) is 29.0 Å². The van der Waals surface area contributed by atoms with Crippen molar-refractivity contribution in [2.24, 2.45) is 0 Å². The molecular weight excluding hydrogens is 404 g/mol. The number of benzene rings is 2. The lowest BCUT2D eigenvalue weighted by molar-refractivity contribution is 0.258. The van der Waals surface area contributed by atoms with E-state index in [4.69, 9.17) is 13.6 Å². The van der Waals surface area contributed by atoms with E-state index in [1.807, 2.05) is 31.2 Å². The molecule has 0 bridgehead atoms. The van der Waals surface area contributed by atoms with E-state index < -0.39 is 11.6 Å². The molecule has 31 heavy (non-hydrogen) atoms. The molecule has 0 spiro atoms. The molecule has 0 unspecified atom stereocenters. The summed E-state index contributed by atoms with van der Waals surface area (Å²) >= 11 is 0. The van der Waals surface area contributed by atoms with Crippen LogP contribution in [0.2, 0.25) is 0 Å². The summed E-state index contributed by atoms with van der Waals surface area (Å²) < 4.78 is 43.4. The van der Waals surface area contributed by atoms with Crippen molar-refractivity contribution in [3.63, 3.8) is 0 Å². The van der Waals surface area contributed by atoms with Gasteiger partial charge in [0.15, 0.2) is 17.3 Å². The minimum absolute atomic E-state index is 0.0464. The second kappa shape index (κ2) is 7.64. The van der Waals surface area contributed by atoms with Crippen LogP contribution in [0, 0.1) is 18.6 Å². The minimum Gasteiger partial charge on any atom is -0.483 e.